The highest BCUT2D eigenvalue weighted by Gasteiger charge is 2.63. The molecule has 0 saturated heterocycles. The lowest BCUT2D eigenvalue weighted by molar-refractivity contribution is 4.32. The molecule has 0 heterocycles. The molecule has 0 spiro atoms. The van der Waals surface area contributed by atoms with Crippen LogP contribution in [0.1, 0.15) is 0 Å². The summed E-state index contributed by atoms with van der Waals surface area (Å²) >= 11 is 0. The monoisotopic (exact) mass is 2340 g/mol. The van der Waals surface area contributed by atoms with E-state index in [4.69, 9.17) is 0 Å². The maximum atomic E-state index is 3.76. The minimum Gasteiger partial charge on any atom is -0.109 e. The minimum atomic E-state index is -0.387. The van der Waals surface area contributed by atoms with Crippen molar-refractivity contribution in [3.63, 3.8) is 0 Å². The molecule has 0 aliphatic rings. The molecule has 0 radical (unpaired) electrons. The van der Waals surface area contributed by atoms with E-state index in [1.54, 1.807) is 0 Å². The molecule has 0 aromatic heterocycles. The molecule has 0 aliphatic carbocycles. The fourth-order valence-corrected chi connectivity index (χ4v) is 1070. The molecule has 440 valence electrons. The summed E-state index contributed by atoms with van der Waals surface area (Å²) in [5.41, 5.74) is 0. The van der Waals surface area contributed by atoms with Crippen LogP contribution in [0.3, 0.4) is 0 Å². The average Bonchev–Trinajstić information content (AvgIpc) is 3.17. The second-order valence-electron chi connectivity index (χ2n) is 11.6. The third kappa shape index (κ3) is 37.0. The van der Waals surface area contributed by atoms with E-state index in [0.29, 0.717) is 0 Å². The Kier molecular flexibility index (Phi) is 82.1. The Bertz CT molecular complexity index is 1200. The van der Waals surface area contributed by atoms with Gasteiger partial charge in [0.1, 0.15) is 0 Å². The molecule has 0 amide bonds. The largest absolute Gasteiger partial charge is 0.109 e. The summed E-state index contributed by atoms with van der Waals surface area (Å²) in [5.74, 6) is 0. The normalized spacial score (nSPS) is 16.3. The molecule has 0 N–H and O–H groups in total. The lowest BCUT2D eigenvalue weighted by Crippen LogP contribution is -1.74. The molecular formula is H75P73. The van der Waals surface area contributed by atoms with E-state index in [-0.39, 0.29) is 245 Å². The molecule has 42 unspecified atom stereocenters. The van der Waals surface area contributed by atoms with Gasteiger partial charge in [0, 0.05) is 0 Å². The molecule has 0 nitrogen and oxygen atoms in total. The van der Waals surface area contributed by atoms with Gasteiger partial charge in [-0.15, -0.1) is 330 Å². The highest BCUT2D eigenvalue weighted by atomic mass is 33.6. The molecule has 0 aromatic rings. The van der Waals surface area contributed by atoms with Crippen LogP contribution in [0.15, 0.2) is 0 Å². The van der Waals surface area contributed by atoms with Gasteiger partial charge >= 0.3 is 0 Å². The summed E-state index contributed by atoms with van der Waals surface area (Å²) in [6.07, 6.45) is 0. The van der Waals surface area contributed by atoms with Crippen molar-refractivity contribution in [2.24, 2.45) is 0 Å². The van der Waals surface area contributed by atoms with Crippen molar-refractivity contribution in [1.29, 1.82) is 0 Å². The standard InChI is InChI=1S/H75P73/c1-38-57(39(2)3)66(56(36)37)71(67(58(40(4)5)41(6)7)59(42(8)9)43(10)11)73(70(64(52(28)29)53(30)31)65(54(32)33)55(34)35)72(68(60(44(12)13)45(14)15)61(46(16)17)47(18)19)69(62(48(20)21)49(22)23)63(50(24)25)51(26)27/h38H,1-37H2. The first-order valence-electron chi connectivity index (χ1n) is 16.6. The third-order valence-electron chi connectivity index (χ3n) is 6.42. The van der Waals surface area contributed by atoms with Crippen LogP contribution in [0, 0.1) is 0 Å². The number of hydrogen-bond donors (Lipinski definition) is 0. The first-order chi connectivity index (χ1) is 33.2. The predicted molar refractivity (Wildman–Crippen MR) is 610 cm³/mol. The van der Waals surface area contributed by atoms with Gasteiger partial charge in [-0.05, 0) is 245 Å². The Balaban J connectivity index is 12.0. The smallest absolute Gasteiger partial charge is 0.00000712 e. The van der Waals surface area contributed by atoms with Crippen LogP contribution in [-0.2, 0) is 0 Å². The van der Waals surface area contributed by atoms with Crippen LogP contribution in [0.25, 0.3) is 0 Å². The zero-order chi connectivity index (χ0) is 57.9. The van der Waals surface area contributed by atoms with Gasteiger partial charge in [0.15, 0.2) is 0 Å². The van der Waals surface area contributed by atoms with Crippen LogP contribution in [0.5, 0.6) is 0 Å². The van der Waals surface area contributed by atoms with Crippen LogP contribution < -0.4 is 0 Å². The molecule has 0 fully saturated rings. The van der Waals surface area contributed by atoms with E-state index in [0.717, 1.165) is 7.96 Å². The van der Waals surface area contributed by atoms with Gasteiger partial charge in [-0.1, -0.05) is 7.96 Å². The number of hydrogen-bond acceptors (Lipinski definition) is 0. The van der Waals surface area contributed by atoms with Gasteiger partial charge in [-0.2, -0.15) is 0 Å². The minimum absolute atomic E-state index is 0.194. The van der Waals surface area contributed by atoms with E-state index in [2.05, 4.69) is 330 Å². The molecule has 0 saturated carbocycles. The summed E-state index contributed by atoms with van der Waals surface area (Å²) < 4.78 is 0. The van der Waals surface area contributed by atoms with Crippen molar-refractivity contribution >= 4 is 583 Å². The van der Waals surface area contributed by atoms with Crippen LogP contribution in [0.4, 0.5) is 0 Å². The van der Waals surface area contributed by atoms with E-state index in [1.807, 2.05) is 0 Å². The lowest BCUT2D eigenvalue weighted by Gasteiger charge is -2.62. The van der Waals surface area contributed by atoms with Gasteiger partial charge < -0.3 is 0 Å². The van der Waals surface area contributed by atoms with Crippen LogP contribution in [-0.4, -0.2) is 0 Å². The first-order valence-corrected chi connectivity index (χ1v) is 149. The van der Waals surface area contributed by atoms with Crippen LogP contribution >= 0.6 is 583 Å². The maximum Gasteiger partial charge on any atom is -0.00000712 e. The van der Waals surface area contributed by atoms with Gasteiger partial charge in [0.05, 0.1) is 0 Å². The average molecular weight is 2340 g/mol. The van der Waals surface area contributed by atoms with E-state index >= 15 is 0 Å². The summed E-state index contributed by atoms with van der Waals surface area (Å²) in [4.78, 5) is 0. The molecule has 0 rings (SSSR count). The molecular weight excluding hydrogens is 2260 g/mol. The Morgan fingerprint density at radius 2 is 0.219 bits per heavy atom. The van der Waals surface area contributed by atoms with Gasteiger partial charge in [-0.25, -0.2) is 0 Å². The third-order valence-corrected chi connectivity index (χ3v) is 520. The van der Waals surface area contributed by atoms with Gasteiger partial charge in [0.2, 0.25) is 0 Å². The summed E-state index contributed by atoms with van der Waals surface area (Å²) in [7, 11) is 136. The fraction of sp³-hybridized carbons (Fsp3) is 0. The van der Waals surface area contributed by atoms with Crippen molar-refractivity contribution in [1.82, 2.24) is 0 Å². The van der Waals surface area contributed by atoms with Crippen molar-refractivity contribution in [3.05, 3.63) is 0 Å². The maximum absolute atomic E-state index is 3.76. The van der Waals surface area contributed by atoms with E-state index in [1.165, 1.54) is 0 Å². The van der Waals surface area contributed by atoms with Crippen molar-refractivity contribution in [3.8, 4) is 0 Å². The highest BCUT2D eigenvalue weighted by Crippen LogP contribution is 3.51. The first kappa shape index (κ1) is 104. The van der Waals surface area contributed by atoms with Crippen molar-refractivity contribution in [2.75, 3.05) is 0 Å². The Morgan fingerprint density at radius 1 is 0.123 bits per heavy atom. The zero-order valence-electron chi connectivity index (χ0n) is 37.5. The second kappa shape index (κ2) is 57.4. The van der Waals surface area contributed by atoms with Gasteiger partial charge in [-0.3, -0.25) is 0 Å². The fourth-order valence-electron chi connectivity index (χ4n) is 4.41. The summed E-state index contributed by atoms with van der Waals surface area (Å²) in [5, 5.41) is 0. The quantitative estimate of drug-likeness (QED) is 0.0555. The Morgan fingerprint density at radius 3 is 0.301 bits per heavy atom. The van der Waals surface area contributed by atoms with E-state index < -0.39 is 0 Å². The molecule has 0 aromatic carbocycles. The number of rotatable bonds is 35. The molecule has 73 heteroatoms. The zero-order valence-corrected chi connectivity index (χ0v) is 113. The van der Waals surface area contributed by atoms with Crippen molar-refractivity contribution in [2.45, 2.75) is 0 Å². The lowest BCUT2D eigenvalue weighted by atomic mass is 28.4. The Hall–Kier alpha value is 31.4. The topological polar surface area (TPSA) is 0 Å². The Labute approximate surface area is 573 Å². The van der Waals surface area contributed by atoms with Crippen molar-refractivity contribution < 1.29 is 0 Å². The summed E-state index contributed by atoms with van der Waals surface area (Å²) in [6.45, 7) is -10.4. The van der Waals surface area contributed by atoms with E-state index in [9.17, 15) is 0 Å². The van der Waals surface area contributed by atoms with Crippen LogP contribution in [0.2, 0.25) is 0 Å². The summed E-state index contributed by atoms with van der Waals surface area (Å²) in [6, 6.07) is 0. The highest BCUT2D eigenvalue weighted by molar-refractivity contribution is 9.57. The SMILES string of the molecule is PPP(P(P)P)P(P(P)P)P(P(P(P(P)P)P(P)P)P(P(P)P)P(P)P)P(P(P(P(P)P)P(P)P)P(P(P)P)P(P)P)P(P(P(P(P)P)P(P)P)P(P(P)P)P(P)P)P(P(P(P)P)P(P)P)P(P(P)P)P(P)P. The second-order valence-corrected chi connectivity index (χ2v) is 312. The molecule has 73 heavy (non-hydrogen) atoms. The molecule has 42 atom stereocenters. The molecule has 0 bridgehead atoms. The van der Waals surface area contributed by atoms with Gasteiger partial charge in [0.25, 0.3) is 0 Å². The predicted octanol–water partition coefficient (Wildman–Crippen LogP) is 42.8. The molecule has 0 aliphatic heterocycles.